The largest absolute Gasteiger partial charge is 0.308 e. The molecule has 2 aromatic heterocycles. The van der Waals surface area contributed by atoms with Crippen LogP contribution < -0.4 is 0 Å². The van der Waals surface area contributed by atoms with Crippen molar-refractivity contribution in [3.63, 3.8) is 0 Å². The molecule has 0 saturated heterocycles. The molecule has 0 unspecified atom stereocenters. The highest BCUT2D eigenvalue weighted by Crippen LogP contribution is 2.31. The van der Waals surface area contributed by atoms with E-state index in [0.717, 1.165) is 22.3 Å². The molecule has 0 aliphatic carbocycles. The van der Waals surface area contributed by atoms with E-state index in [4.69, 9.17) is 0 Å². The zero-order chi connectivity index (χ0) is 22.6. The van der Waals surface area contributed by atoms with E-state index in [2.05, 4.69) is 30.7 Å². The van der Waals surface area contributed by atoms with Gasteiger partial charge in [0, 0.05) is 18.4 Å². The van der Waals surface area contributed by atoms with Crippen LogP contribution in [0.15, 0.2) is 60.7 Å². The summed E-state index contributed by atoms with van der Waals surface area (Å²) < 4.78 is 29.9. The van der Waals surface area contributed by atoms with Crippen LogP contribution >= 0.6 is 0 Å². The zero-order valence-corrected chi connectivity index (χ0v) is 17.8. The summed E-state index contributed by atoms with van der Waals surface area (Å²) in [6.07, 6.45) is 3.85. The maximum Gasteiger partial charge on any atom is 0.308 e. The van der Waals surface area contributed by atoms with E-state index < -0.39 is 11.7 Å². The van der Waals surface area contributed by atoms with E-state index in [1.165, 1.54) is 6.92 Å². The molecule has 32 heavy (non-hydrogen) atoms. The topological polar surface area (TPSA) is 85.2 Å². The van der Waals surface area contributed by atoms with Gasteiger partial charge in [0.25, 0.3) is 0 Å². The van der Waals surface area contributed by atoms with Crippen LogP contribution in [0.1, 0.15) is 37.5 Å². The standard InChI is InChI=1S/C23H23F2N7/c1-3-5-10-20-26-22(23(24,25)4-2)29-32(20)15-16-11-13-17(14-12-16)18-8-6-7-9-19(18)21-27-30-31-28-21/h3,5-9,11-14H,4,10,15H2,1-2H3,(H,27,28,30,31). The molecule has 164 valence electrons. The molecule has 1 N–H and O–H groups in total. The SMILES string of the molecule is CC=CCc1nc(C(F)(F)CC)nn1Cc1ccc(-c2ccccc2-c2nn[nH]n2)cc1. The van der Waals surface area contributed by atoms with Crippen molar-refractivity contribution in [2.45, 2.75) is 39.2 Å². The van der Waals surface area contributed by atoms with Crippen molar-refractivity contribution in [1.29, 1.82) is 0 Å². The van der Waals surface area contributed by atoms with Gasteiger partial charge in [-0.2, -0.15) is 14.0 Å². The van der Waals surface area contributed by atoms with E-state index in [-0.39, 0.29) is 6.42 Å². The van der Waals surface area contributed by atoms with Crippen LogP contribution in [0.2, 0.25) is 0 Å². The van der Waals surface area contributed by atoms with Crippen molar-refractivity contribution in [1.82, 2.24) is 35.4 Å². The third-order valence-corrected chi connectivity index (χ3v) is 5.17. The van der Waals surface area contributed by atoms with Gasteiger partial charge in [0.05, 0.1) is 6.54 Å². The Labute approximate surface area is 184 Å². The van der Waals surface area contributed by atoms with Crippen molar-refractivity contribution < 1.29 is 8.78 Å². The normalized spacial score (nSPS) is 12.0. The summed E-state index contributed by atoms with van der Waals surface area (Å²) in [6.45, 7) is 3.66. The lowest BCUT2D eigenvalue weighted by Gasteiger charge is -2.09. The highest BCUT2D eigenvalue weighted by Gasteiger charge is 2.34. The molecule has 9 heteroatoms. The molecule has 0 spiro atoms. The maximum absolute atomic E-state index is 14.2. The molecule has 0 atom stereocenters. The van der Waals surface area contributed by atoms with Crippen molar-refractivity contribution in [2.24, 2.45) is 0 Å². The highest BCUT2D eigenvalue weighted by atomic mass is 19.3. The number of nitrogens with zero attached hydrogens (tertiary/aromatic N) is 6. The number of aromatic nitrogens is 7. The second kappa shape index (κ2) is 9.17. The van der Waals surface area contributed by atoms with Crippen molar-refractivity contribution >= 4 is 0 Å². The molecule has 0 fully saturated rings. The number of hydrogen-bond acceptors (Lipinski definition) is 5. The van der Waals surface area contributed by atoms with Crippen LogP contribution in [0.3, 0.4) is 0 Å². The fraction of sp³-hybridized carbons (Fsp3) is 0.261. The summed E-state index contributed by atoms with van der Waals surface area (Å²) >= 11 is 0. The molecule has 0 saturated carbocycles. The third-order valence-electron chi connectivity index (χ3n) is 5.17. The summed E-state index contributed by atoms with van der Waals surface area (Å²) in [7, 11) is 0. The van der Waals surface area contributed by atoms with Gasteiger partial charge in [0.2, 0.25) is 11.6 Å². The molecule has 0 amide bonds. The van der Waals surface area contributed by atoms with E-state index >= 15 is 0 Å². The van der Waals surface area contributed by atoms with Crippen LogP contribution in [0.25, 0.3) is 22.5 Å². The maximum atomic E-state index is 14.2. The quantitative estimate of drug-likeness (QED) is 0.402. The molecule has 7 nitrogen and oxygen atoms in total. The number of alkyl halides is 2. The first-order valence-electron chi connectivity index (χ1n) is 10.4. The van der Waals surface area contributed by atoms with Crippen LogP contribution in [-0.2, 0) is 18.9 Å². The first-order chi connectivity index (χ1) is 15.5. The van der Waals surface area contributed by atoms with Gasteiger partial charge in [-0.05, 0) is 28.8 Å². The van der Waals surface area contributed by atoms with Crippen LogP contribution in [0.5, 0.6) is 0 Å². The molecule has 0 radical (unpaired) electrons. The average molecular weight is 435 g/mol. The summed E-state index contributed by atoms with van der Waals surface area (Å²) in [6, 6.07) is 15.7. The molecule has 4 rings (SSSR count). The lowest BCUT2D eigenvalue weighted by Crippen LogP contribution is -2.14. The van der Waals surface area contributed by atoms with Gasteiger partial charge in [-0.25, -0.2) is 9.67 Å². The van der Waals surface area contributed by atoms with Gasteiger partial charge in [-0.1, -0.05) is 67.6 Å². The Morgan fingerprint density at radius 2 is 1.81 bits per heavy atom. The van der Waals surface area contributed by atoms with Gasteiger partial charge in [-0.3, -0.25) is 0 Å². The highest BCUT2D eigenvalue weighted by molar-refractivity contribution is 5.80. The second-order valence-corrected chi connectivity index (χ2v) is 7.32. The van der Waals surface area contributed by atoms with Crippen molar-refractivity contribution in [2.75, 3.05) is 0 Å². The summed E-state index contributed by atoms with van der Waals surface area (Å²) in [5.74, 6) is -2.44. The number of allylic oxidation sites excluding steroid dienone is 2. The Balaban J connectivity index is 1.62. The van der Waals surface area contributed by atoms with E-state index in [9.17, 15) is 8.78 Å². The molecule has 0 aliphatic rings. The smallest absolute Gasteiger partial charge is 0.245 e. The van der Waals surface area contributed by atoms with Gasteiger partial charge >= 0.3 is 5.92 Å². The van der Waals surface area contributed by atoms with Crippen LogP contribution in [-0.4, -0.2) is 35.4 Å². The Morgan fingerprint density at radius 3 is 2.47 bits per heavy atom. The zero-order valence-electron chi connectivity index (χ0n) is 17.8. The van der Waals surface area contributed by atoms with E-state index in [1.807, 2.05) is 67.6 Å². The molecule has 4 aromatic rings. The summed E-state index contributed by atoms with van der Waals surface area (Å²) in [5, 5.41) is 18.4. The summed E-state index contributed by atoms with van der Waals surface area (Å²) in [4.78, 5) is 4.12. The predicted molar refractivity (Wildman–Crippen MR) is 117 cm³/mol. The van der Waals surface area contributed by atoms with E-state index in [0.29, 0.717) is 24.6 Å². The lowest BCUT2D eigenvalue weighted by molar-refractivity contribution is -0.0177. The Morgan fingerprint density at radius 1 is 1.06 bits per heavy atom. The fourth-order valence-corrected chi connectivity index (χ4v) is 3.36. The number of halogens is 2. The predicted octanol–water partition coefficient (Wildman–Crippen LogP) is 4.79. The number of rotatable bonds is 8. The fourth-order valence-electron chi connectivity index (χ4n) is 3.36. The van der Waals surface area contributed by atoms with Gasteiger partial charge in [-0.15, -0.1) is 15.3 Å². The molecular weight excluding hydrogens is 412 g/mol. The van der Waals surface area contributed by atoms with Crippen molar-refractivity contribution in [3.8, 4) is 22.5 Å². The molecular formula is C23H23F2N7. The minimum atomic E-state index is -3.04. The minimum absolute atomic E-state index is 0.339. The van der Waals surface area contributed by atoms with Gasteiger partial charge in [0.1, 0.15) is 5.82 Å². The third kappa shape index (κ3) is 4.46. The Kier molecular flexibility index (Phi) is 6.16. The average Bonchev–Trinajstić information content (AvgIpc) is 3.49. The van der Waals surface area contributed by atoms with Gasteiger partial charge < -0.3 is 0 Å². The first-order valence-corrected chi connectivity index (χ1v) is 10.4. The number of benzene rings is 2. The monoisotopic (exact) mass is 435 g/mol. The number of tetrazole rings is 1. The summed E-state index contributed by atoms with van der Waals surface area (Å²) in [5.41, 5.74) is 3.76. The second-order valence-electron chi connectivity index (χ2n) is 7.32. The number of hydrogen-bond donors (Lipinski definition) is 1. The minimum Gasteiger partial charge on any atom is -0.245 e. The lowest BCUT2D eigenvalue weighted by atomic mass is 9.98. The van der Waals surface area contributed by atoms with Crippen LogP contribution in [0.4, 0.5) is 8.78 Å². The molecule has 0 bridgehead atoms. The number of nitrogens with one attached hydrogen (secondary N) is 1. The molecule has 2 aromatic carbocycles. The number of H-pyrrole nitrogens is 1. The Hall–Kier alpha value is -3.75. The molecule has 0 aliphatic heterocycles. The number of aromatic amines is 1. The van der Waals surface area contributed by atoms with Crippen molar-refractivity contribution in [3.05, 3.63) is 77.9 Å². The van der Waals surface area contributed by atoms with Gasteiger partial charge in [0.15, 0.2) is 0 Å². The van der Waals surface area contributed by atoms with Crippen LogP contribution in [0, 0.1) is 0 Å². The molecule has 2 heterocycles. The first kappa shape index (κ1) is 21.5. The Bertz CT molecular complexity index is 1200. The van der Waals surface area contributed by atoms with E-state index in [1.54, 1.807) is 4.68 Å².